The normalized spacial score (nSPS) is 22.0. The van der Waals surface area contributed by atoms with Crippen molar-refractivity contribution in [1.82, 2.24) is 19.5 Å². The van der Waals surface area contributed by atoms with E-state index in [0.717, 1.165) is 0 Å². The Hall–Kier alpha value is -3.07. The summed E-state index contributed by atoms with van der Waals surface area (Å²) in [5, 5.41) is 11.0. The number of carbonyl (C=O) groups excluding carboxylic acids is 2. The third-order valence-corrected chi connectivity index (χ3v) is 5.21. The van der Waals surface area contributed by atoms with Crippen LogP contribution < -0.4 is 10.5 Å². The van der Waals surface area contributed by atoms with Crippen LogP contribution in [0.5, 0.6) is 0 Å². The Morgan fingerprint density at radius 1 is 1.11 bits per heavy atom. The molecule has 0 saturated carbocycles. The molecule has 38 heavy (non-hydrogen) atoms. The van der Waals surface area contributed by atoms with E-state index >= 15 is 0 Å². The van der Waals surface area contributed by atoms with Crippen LogP contribution in [-0.4, -0.2) is 86.1 Å². The number of aliphatic hydroxyl groups is 1. The SMILES string of the molecule is CCOC[C@H]1O[C@@H](n2cnc3c(=O)[nH]c(N(C(=O)OC(C)(C)C)C(=O)OC(C)(C)C)nc32)C(O)[C@H]1OCC. The Balaban J connectivity index is 2.08. The summed E-state index contributed by atoms with van der Waals surface area (Å²) in [6.45, 7) is 14.3. The Morgan fingerprint density at radius 3 is 2.24 bits per heavy atom. The summed E-state index contributed by atoms with van der Waals surface area (Å²) in [5.41, 5.74) is -2.80. The highest BCUT2D eigenvalue weighted by molar-refractivity contribution is 6.08. The molecule has 14 nitrogen and oxygen atoms in total. The van der Waals surface area contributed by atoms with Crippen molar-refractivity contribution < 1.29 is 38.4 Å². The number of aromatic amines is 1. The lowest BCUT2D eigenvalue weighted by molar-refractivity contribution is -0.0726. The van der Waals surface area contributed by atoms with E-state index in [0.29, 0.717) is 18.1 Å². The molecule has 0 aliphatic carbocycles. The molecule has 0 spiro atoms. The Bertz CT molecular complexity index is 1170. The number of imide groups is 1. The predicted molar refractivity (Wildman–Crippen MR) is 135 cm³/mol. The summed E-state index contributed by atoms with van der Waals surface area (Å²) >= 11 is 0. The van der Waals surface area contributed by atoms with E-state index in [-0.39, 0.29) is 17.8 Å². The van der Waals surface area contributed by atoms with Crippen molar-refractivity contribution in [2.45, 2.75) is 91.1 Å². The van der Waals surface area contributed by atoms with Crippen LogP contribution in [0.25, 0.3) is 11.2 Å². The number of aromatic nitrogens is 4. The molecule has 1 aliphatic heterocycles. The van der Waals surface area contributed by atoms with Crippen molar-refractivity contribution in [3.8, 4) is 0 Å². The lowest BCUT2D eigenvalue weighted by atomic mass is 10.1. The molecule has 1 saturated heterocycles. The molecule has 3 rings (SSSR count). The van der Waals surface area contributed by atoms with Gasteiger partial charge in [-0.1, -0.05) is 0 Å². The van der Waals surface area contributed by atoms with Crippen molar-refractivity contribution in [1.29, 1.82) is 0 Å². The van der Waals surface area contributed by atoms with Gasteiger partial charge in [-0.25, -0.2) is 14.6 Å². The number of imidazole rings is 1. The number of ether oxygens (including phenoxy) is 5. The molecule has 1 aliphatic rings. The zero-order valence-corrected chi connectivity index (χ0v) is 23.0. The zero-order valence-electron chi connectivity index (χ0n) is 23.0. The molecular weight excluding hydrogens is 502 g/mol. The van der Waals surface area contributed by atoms with E-state index in [1.54, 1.807) is 48.5 Å². The highest BCUT2D eigenvalue weighted by Gasteiger charge is 2.46. The van der Waals surface area contributed by atoms with Crippen molar-refractivity contribution in [2.24, 2.45) is 0 Å². The molecule has 2 aromatic rings. The first-order valence-corrected chi connectivity index (χ1v) is 12.4. The van der Waals surface area contributed by atoms with Crippen molar-refractivity contribution in [2.75, 3.05) is 24.7 Å². The highest BCUT2D eigenvalue weighted by atomic mass is 16.6. The van der Waals surface area contributed by atoms with E-state index in [1.807, 2.05) is 6.92 Å². The number of anilines is 1. The Kier molecular flexibility index (Phi) is 8.81. The molecule has 0 radical (unpaired) electrons. The second-order valence-electron chi connectivity index (χ2n) is 10.6. The number of hydrogen-bond donors (Lipinski definition) is 2. The second-order valence-corrected chi connectivity index (χ2v) is 10.6. The average Bonchev–Trinajstić information content (AvgIpc) is 3.32. The van der Waals surface area contributed by atoms with Gasteiger partial charge in [0, 0.05) is 13.2 Å². The fourth-order valence-corrected chi connectivity index (χ4v) is 3.79. The third-order valence-electron chi connectivity index (χ3n) is 5.21. The van der Waals surface area contributed by atoms with Crippen molar-refractivity contribution in [3.63, 3.8) is 0 Å². The van der Waals surface area contributed by atoms with E-state index < -0.39 is 59.4 Å². The van der Waals surface area contributed by atoms with Crippen molar-refractivity contribution in [3.05, 3.63) is 16.7 Å². The van der Waals surface area contributed by atoms with Crippen LogP contribution in [-0.2, 0) is 23.7 Å². The molecule has 212 valence electrons. The first kappa shape index (κ1) is 29.5. The fourth-order valence-electron chi connectivity index (χ4n) is 3.79. The number of nitrogens with zero attached hydrogens (tertiary/aromatic N) is 4. The molecule has 4 atom stereocenters. The van der Waals surface area contributed by atoms with Gasteiger partial charge < -0.3 is 28.8 Å². The molecule has 1 fully saturated rings. The van der Waals surface area contributed by atoms with Gasteiger partial charge in [-0.05, 0) is 55.4 Å². The van der Waals surface area contributed by atoms with Gasteiger partial charge in [-0.2, -0.15) is 4.98 Å². The summed E-state index contributed by atoms with van der Waals surface area (Å²) in [4.78, 5) is 50.4. The van der Waals surface area contributed by atoms with Gasteiger partial charge in [-0.3, -0.25) is 14.3 Å². The summed E-state index contributed by atoms with van der Waals surface area (Å²) < 4.78 is 29.3. The number of amides is 2. The van der Waals surface area contributed by atoms with Gasteiger partial charge in [0.1, 0.15) is 29.5 Å². The molecule has 0 bridgehead atoms. The summed E-state index contributed by atoms with van der Waals surface area (Å²) in [6, 6.07) is 0. The first-order valence-electron chi connectivity index (χ1n) is 12.4. The lowest BCUT2D eigenvalue weighted by Crippen LogP contribution is -2.45. The first-order chi connectivity index (χ1) is 17.7. The minimum Gasteiger partial charge on any atom is -0.443 e. The average molecular weight is 540 g/mol. The van der Waals surface area contributed by atoms with Crippen LogP contribution in [0.3, 0.4) is 0 Å². The summed E-state index contributed by atoms with van der Waals surface area (Å²) in [7, 11) is 0. The van der Waals surface area contributed by atoms with Crippen LogP contribution in [0.1, 0.15) is 61.6 Å². The highest BCUT2D eigenvalue weighted by Crippen LogP contribution is 2.33. The summed E-state index contributed by atoms with van der Waals surface area (Å²) in [6.07, 6.45) is -4.45. The molecule has 2 N–H and O–H groups in total. The van der Waals surface area contributed by atoms with Crippen LogP contribution in [0.4, 0.5) is 15.5 Å². The second kappa shape index (κ2) is 11.4. The minimum absolute atomic E-state index is 0.0442. The van der Waals surface area contributed by atoms with E-state index in [1.165, 1.54) is 10.9 Å². The molecule has 2 aromatic heterocycles. The monoisotopic (exact) mass is 539 g/mol. The van der Waals surface area contributed by atoms with Gasteiger partial charge >= 0.3 is 12.2 Å². The number of hydrogen-bond acceptors (Lipinski definition) is 11. The Morgan fingerprint density at radius 2 is 1.71 bits per heavy atom. The number of carbonyl (C=O) groups is 2. The van der Waals surface area contributed by atoms with Crippen LogP contribution in [0, 0.1) is 0 Å². The van der Waals surface area contributed by atoms with Gasteiger partial charge in [0.2, 0.25) is 5.95 Å². The fraction of sp³-hybridized carbons (Fsp3) is 0.708. The van der Waals surface area contributed by atoms with E-state index in [2.05, 4.69) is 15.0 Å². The maximum absolute atomic E-state index is 13.0. The van der Waals surface area contributed by atoms with Crippen LogP contribution in [0.15, 0.2) is 11.1 Å². The number of nitrogens with one attached hydrogen (secondary N) is 1. The standard InChI is InChI=1S/C24H37N5O9/c1-9-34-11-13-16(35-10-2)15(30)19(36-13)28-12-25-14-17(28)26-20(27-18(14)31)29(21(32)37-23(3,4)5)22(33)38-24(6,7)8/h12-13,15-16,19,30H,9-11H2,1-8H3,(H,26,27,31)/t13-,15?,16+,19-/m1/s1. The van der Waals surface area contributed by atoms with Gasteiger partial charge in [0.25, 0.3) is 5.56 Å². The summed E-state index contributed by atoms with van der Waals surface area (Å²) in [5.74, 6) is -0.451. The molecule has 2 amide bonds. The quantitative estimate of drug-likeness (QED) is 0.530. The smallest absolute Gasteiger partial charge is 0.427 e. The van der Waals surface area contributed by atoms with Gasteiger partial charge in [-0.15, -0.1) is 4.90 Å². The van der Waals surface area contributed by atoms with Gasteiger partial charge in [0.15, 0.2) is 17.4 Å². The number of H-pyrrole nitrogens is 1. The Labute approximate surface area is 220 Å². The number of rotatable bonds is 7. The lowest BCUT2D eigenvalue weighted by Gasteiger charge is -2.27. The van der Waals surface area contributed by atoms with E-state index in [4.69, 9.17) is 23.7 Å². The zero-order chi connectivity index (χ0) is 28.4. The molecule has 0 aromatic carbocycles. The maximum Gasteiger partial charge on any atom is 0.427 e. The van der Waals surface area contributed by atoms with Crippen molar-refractivity contribution >= 4 is 29.3 Å². The topological polar surface area (TPSA) is 167 Å². The minimum atomic E-state index is -1.16. The molecule has 14 heteroatoms. The number of aliphatic hydroxyl groups excluding tert-OH is 1. The largest absolute Gasteiger partial charge is 0.443 e. The molecule has 1 unspecified atom stereocenters. The third kappa shape index (κ3) is 6.67. The molecule has 3 heterocycles. The maximum atomic E-state index is 13.0. The number of fused-ring (bicyclic) bond motifs is 1. The predicted octanol–water partition coefficient (Wildman–Crippen LogP) is 2.50. The van der Waals surface area contributed by atoms with E-state index in [9.17, 15) is 19.5 Å². The van der Waals surface area contributed by atoms with Crippen LogP contribution >= 0.6 is 0 Å². The van der Waals surface area contributed by atoms with Gasteiger partial charge in [0.05, 0.1) is 12.9 Å². The van der Waals surface area contributed by atoms with Crippen LogP contribution in [0.2, 0.25) is 0 Å². The molecular formula is C24H37N5O9.